The average Bonchev–Trinajstić information content (AvgIpc) is 4.29. The number of carboxylic acids is 4. The van der Waals surface area contributed by atoms with Gasteiger partial charge in [0.1, 0.15) is 11.6 Å². The second-order valence-electron chi connectivity index (χ2n) is 18.5. The quantitative estimate of drug-likeness (QED) is 0.110. The summed E-state index contributed by atoms with van der Waals surface area (Å²) in [6.07, 6.45) is 6.54. The molecule has 388 valence electrons. The van der Waals surface area contributed by atoms with Gasteiger partial charge in [-0.15, -0.1) is 0 Å². The van der Waals surface area contributed by atoms with Gasteiger partial charge in [0.15, 0.2) is 0 Å². The maximum atomic E-state index is 13.3. The second-order valence-corrected chi connectivity index (χ2v) is 18.5. The van der Waals surface area contributed by atoms with Crippen molar-refractivity contribution in [1.29, 1.82) is 0 Å². The molecule has 0 aromatic heterocycles. The number of carboxylic acid groups (broad SMARTS) is 4. The van der Waals surface area contributed by atoms with Crippen LogP contribution in [0.1, 0.15) is 114 Å². The van der Waals surface area contributed by atoms with Crippen molar-refractivity contribution in [1.82, 2.24) is 0 Å². The van der Waals surface area contributed by atoms with Crippen LogP contribution in [0.4, 0.5) is 22.0 Å². The summed E-state index contributed by atoms with van der Waals surface area (Å²) >= 11 is 0. The smallest absolute Gasteiger partial charge is 0.416 e. The number of alkyl halides is 3. The van der Waals surface area contributed by atoms with Gasteiger partial charge in [-0.3, -0.25) is 0 Å². The molecule has 0 saturated heterocycles. The summed E-state index contributed by atoms with van der Waals surface area (Å²) in [5, 5.41) is 35.9. The van der Waals surface area contributed by atoms with E-state index in [0.29, 0.717) is 36.0 Å². The Morgan fingerprint density at radius 3 is 0.987 bits per heavy atom. The molecule has 8 nitrogen and oxygen atoms in total. The second kappa shape index (κ2) is 22.6. The molecule has 0 aliphatic heterocycles. The molecule has 4 N–H and O–H groups in total. The molecule has 0 bridgehead atoms. The lowest BCUT2D eigenvalue weighted by atomic mass is 9.97. The fraction of sp³-hybridized carbons (Fsp3) is 0.0769. The highest BCUT2D eigenvalue weighted by Crippen LogP contribution is 2.38. The van der Waals surface area contributed by atoms with Crippen LogP contribution in [0.2, 0.25) is 0 Å². The average molecular weight is 1050 g/mol. The maximum absolute atomic E-state index is 13.3. The summed E-state index contributed by atoms with van der Waals surface area (Å²) in [5.74, 6) is -4.24. The van der Waals surface area contributed by atoms with Crippen molar-refractivity contribution in [3.8, 4) is 0 Å². The molecule has 12 rings (SSSR count). The molecule has 13 heteroatoms. The summed E-state index contributed by atoms with van der Waals surface area (Å²) < 4.78 is 63.9. The van der Waals surface area contributed by atoms with Crippen LogP contribution in [-0.2, 0) is 31.9 Å². The van der Waals surface area contributed by atoms with E-state index in [2.05, 4.69) is 18.2 Å². The van der Waals surface area contributed by atoms with E-state index in [1.807, 2.05) is 54.6 Å². The summed E-state index contributed by atoms with van der Waals surface area (Å²) in [6.45, 7) is 0. The first kappa shape index (κ1) is 53.1. The topological polar surface area (TPSA) is 149 Å². The zero-order valence-electron chi connectivity index (χ0n) is 41.2. The van der Waals surface area contributed by atoms with Gasteiger partial charge in [-0.25, -0.2) is 28.0 Å². The zero-order valence-corrected chi connectivity index (χ0v) is 41.2. The number of halogens is 5. The molecular formula is C65H45F5O8. The minimum absolute atomic E-state index is 0.209. The third-order valence-electron chi connectivity index (χ3n) is 13.6. The Labute approximate surface area is 444 Å². The molecule has 0 amide bonds. The Morgan fingerprint density at radius 2 is 0.654 bits per heavy atom. The van der Waals surface area contributed by atoms with Gasteiger partial charge in [-0.05, 0) is 200 Å². The number of carbonyl (C=O) groups is 4. The van der Waals surface area contributed by atoms with Crippen LogP contribution in [0.5, 0.6) is 0 Å². The van der Waals surface area contributed by atoms with E-state index in [9.17, 15) is 41.1 Å². The Hall–Kier alpha value is -9.75. The highest BCUT2D eigenvalue weighted by molar-refractivity contribution is 5.94. The molecule has 0 unspecified atom stereocenters. The summed E-state index contributed by atoms with van der Waals surface area (Å²) in [6, 6.07) is 48.3. The van der Waals surface area contributed by atoms with Gasteiger partial charge in [-0.1, -0.05) is 115 Å². The first-order chi connectivity index (χ1) is 37.4. The van der Waals surface area contributed by atoms with Crippen LogP contribution < -0.4 is 0 Å². The van der Waals surface area contributed by atoms with Crippen LogP contribution in [0.25, 0.3) is 22.3 Å². The van der Waals surface area contributed by atoms with Crippen LogP contribution in [0.3, 0.4) is 0 Å². The molecule has 0 heterocycles. The lowest BCUT2D eigenvalue weighted by Gasteiger charge is -2.10. The van der Waals surface area contributed by atoms with Gasteiger partial charge in [0.25, 0.3) is 0 Å². The van der Waals surface area contributed by atoms with Crippen molar-refractivity contribution in [2.24, 2.45) is 0 Å². The number of fused-ring (bicyclic) bond motifs is 4. The number of allylic oxidation sites excluding steroid dienone is 4. The predicted molar refractivity (Wildman–Crippen MR) is 287 cm³/mol. The van der Waals surface area contributed by atoms with Crippen LogP contribution in [0.15, 0.2) is 200 Å². The zero-order chi connectivity index (χ0) is 55.3. The number of aromatic carboxylic acids is 4. The number of rotatable bonds is 8. The van der Waals surface area contributed by atoms with E-state index in [1.54, 1.807) is 72.8 Å². The summed E-state index contributed by atoms with van der Waals surface area (Å²) in [7, 11) is 0. The van der Waals surface area contributed by atoms with Crippen LogP contribution in [-0.4, -0.2) is 44.3 Å². The molecule has 8 aromatic carbocycles. The fourth-order valence-corrected chi connectivity index (χ4v) is 9.76. The lowest BCUT2D eigenvalue weighted by molar-refractivity contribution is -0.137. The summed E-state index contributed by atoms with van der Waals surface area (Å²) in [5.41, 5.74) is 16.1. The van der Waals surface area contributed by atoms with Crippen LogP contribution in [0, 0.1) is 11.6 Å². The van der Waals surface area contributed by atoms with Gasteiger partial charge in [0.2, 0.25) is 0 Å². The van der Waals surface area contributed by atoms with E-state index in [0.717, 1.165) is 90.9 Å². The Bertz CT molecular complexity index is 3790. The van der Waals surface area contributed by atoms with Gasteiger partial charge in [0, 0.05) is 0 Å². The van der Waals surface area contributed by atoms with E-state index in [4.69, 9.17) is 20.4 Å². The van der Waals surface area contributed by atoms with Crippen molar-refractivity contribution in [2.45, 2.75) is 31.9 Å². The molecule has 8 aromatic rings. The number of hydrogen-bond acceptors (Lipinski definition) is 4. The van der Waals surface area contributed by atoms with Crippen molar-refractivity contribution >= 4 is 46.2 Å². The minimum atomic E-state index is -4.35. The Balaban J connectivity index is 0.000000127. The highest BCUT2D eigenvalue weighted by Gasteiger charge is 2.30. The maximum Gasteiger partial charge on any atom is 0.416 e. The summed E-state index contributed by atoms with van der Waals surface area (Å²) in [4.78, 5) is 43.8. The van der Waals surface area contributed by atoms with E-state index in [1.165, 1.54) is 53.6 Å². The third kappa shape index (κ3) is 11.9. The van der Waals surface area contributed by atoms with Crippen LogP contribution >= 0.6 is 0 Å². The SMILES string of the molecule is O=C(O)c1ccc2c(c1)CC=C2c1ccc(C(F)(F)F)cc1.O=C(O)c1ccc2c(c1)CC=C2c1ccc(F)cc1.O=C(O)c1ccc2c(c1)CC=C2c1cccc(F)c1.O=C(O)c1ccc2c(c1)CC=C2c1ccccc1. The van der Waals surface area contributed by atoms with Crippen molar-refractivity contribution in [3.63, 3.8) is 0 Å². The van der Waals surface area contributed by atoms with Crippen molar-refractivity contribution in [3.05, 3.63) is 306 Å². The molecule has 0 spiro atoms. The highest BCUT2D eigenvalue weighted by atomic mass is 19.4. The molecule has 0 radical (unpaired) electrons. The third-order valence-corrected chi connectivity index (χ3v) is 13.6. The molecule has 0 saturated carbocycles. The van der Waals surface area contributed by atoms with E-state index < -0.39 is 35.6 Å². The van der Waals surface area contributed by atoms with Crippen molar-refractivity contribution in [2.75, 3.05) is 0 Å². The monoisotopic (exact) mass is 1050 g/mol. The predicted octanol–water partition coefficient (Wildman–Crippen LogP) is 14.8. The first-order valence-corrected chi connectivity index (χ1v) is 24.4. The lowest BCUT2D eigenvalue weighted by Crippen LogP contribution is -2.04. The number of benzene rings is 8. The molecule has 0 fully saturated rings. The molecule has 4 aliphatic carbocycles. The van der Waals surface area contributed by atoms with E-state index >= 15 is 0 Å². The van der Waals surface area contributed by atoms with Gasteiger partial charge in [-0.2, -0.15) is 13.2 Å². The Kier molecular flexibility index (Phi) is 15.4. The standard InChI is InChI=1S/C17H11F3O2.2C16H11FO2.C16H12O2/c18-17(19,20)13-5-1-10(2-6-13)14-7-3-11-9-12(16(21)22)4-8-15(11)14;17-13-5-1-10(2-6-13)14-7-3-11-9-12(16(18)19)4-8-15(11)14;17-13-3-1-2-10(9-13)14-6-4-11-8-12(16(18)19)5-7-15(11)14;17-16(18)13-7-9-15-12(10-13)6-8-14(15)11-4-2-1-3-5-11/h1-2,4-9H,3H2,(H,21,22);1-2,4-9H,3H2,(H,18,19);1-3,5-9H,4H2,(H,18,19);1-5,7-10H,6H2,(H,17,18). The van der Waals surface area contributed by atoms with Gasteiger partial charge < -0.3 is 20.4 Å². The normalized spacial score (nSPS) is 13.2. The Morgan fingerprint density at radius 1 is 0.333 bits per heavy atom. The van der Waals surface area contributed by atoms with Crippen molar-refractivity contribution < 1.29 is 61.6 Å². The minimum Gasteiger partial charge on any atom is -0.478 e. The molecular weight excluding hydrogens is 1000 g/mol. The molecule has 0 atom stereocenters. The fourth-order valence-electron chi connectivity index (χ4n) is 9.76. The van der Waals surface area contributed by atoms with Gasteiger partial charge >= 0.3 is 30.1 Å². The molecule has 4 aliphatic rings. The molecule has 78 heavy (non-hydrogen) atoms. The van der Waals surface area contributed by atoms with Gasteiger partial charge in [0.05, 0.1) is 27.8 Å². The number of hydrogen-bond donors (Lipinski definition) is 4. The van der Waals surface area contributed by atoms with E-state index in [-0.39, 0.29) is 22.8 Å². The largest absolute Gasteiger partial charge is 0.478 e. The first-order valence-electron chi connectivity index (χ1n) is 24.4.